The minimum atomic E-state index is -0.496. The maximum absolute atomic E-state index is 13.6. The highest BCUT2D eigenvalue weighted by Crippen LogP contribution is 2.26. The maximum Gasteiger partial charge on any atom is 0.241 e. The van der Waals surface area contributed by atoms with Gasteiger partial charge in [0.2, 0.25) is 5.91 Å². The lowest BCUT2D eigenvalue weighted by Crippen LogP contribution is -2.39. The van der Waals surface area contributed by atoms with Crippen molar-refractivity contribution in [3.8, 4) is 5.75 Å². The summed E-state index contributed by atoms with van der Waals surface area (Å²) in [6, 6.07) is 11.4. The predicted octanol–water partition coefficient (Wildman–Crippen LogP) is 3.82. The Bertz CT molecular complexity index is 718. The molecule has 0 aliphatic rings. The lowest BCUT2D eigenvalue weighted by Gasteiger charge is -2.22. The van der Waals surface area contributed by atoms with Gasteiger partial charge >= 0.3 is 0 Å². The Labute approximate surface area is 142 Å². The molecule has 5 heteroatoms. The van der Waals surface area contributed by atoms with Crippen molar-refractivity contribution in [2.75, 3.05) is 12.4 Å². The predicted molar refractivity (Wildman–Crippen MR) is 93.8 cm³/mol. The normalized spacial score (nSPS) is 13.2. The molecule has 128 valence electrons. The molecule has 0 radical (unpaired) electrons. The van der Waals surface area contributed by atoms with Crippen molar-refractivity contribution in [1.29, 1.82) is 0 Å². The molecule has 0 saturated heterocycles. The fourth-order valence-corrected chi connectivity index (χ4v) is 2.54. The lowest BCUT2D eigenvalue weighted by molar-refractivity contribution is -0.118. The van der Waals surface area contributed by atoms with E-state index in [9.17, 15) is 9.18 Å². The van der Waals surface area contributed by atoms with Crippen LogP contribution in [0.3, 0.4) is 0 Å². The Morgan fingerprint density at radius 2 is 1.88 bits per heavy atom. The molecule has 0 fully saturated rings. The first kappa shape index (κ1) is 17.9. The molecule has 0 aliphatic carbocycles. The largest absolute Gasteiger partial charge is 0.496 e. The van der Waals surface area contributed by atoms with Crippen LogP contribution in [0, 0.1) is 12.7 Å². The highest BCUT2D eigenvalue weighted by molar-refractivity contribution is 5.94. The maximum atomic E-state index is 13.6. The number of amides is 1. The molecule has 0 spiro atoms. The topological polar surface area (TPSA) is 50.4 Å². The second kappa shape index (κ2) is 7.93. The first-order valence-electron chi connectivity index (χ1n) is 7.88. The zero-order valence-corrected chi connectivity index (χ0v) is 14.4. The summed E-state index contributed by atoms with van der Waals surface area (Å²) in [5.41, 5.74) is 2.27. The summed E-state index contributed by atoms with van der Waals surface area (Å²) in [5.74, 6) is 0.0207. The smallest absolute Gasteiger partial charge is 0.241 e. The number of methoxy groups -OCH3 is 1. The number of benzene rings is 2. The van der Waals surface area contributed by atoms with Crippen molar-refractivity contribution in [2.45, 2.75) is 32.9 Å². The van der Waals surface area contributed by atoms with E-state index in [-0.39, 0.29) is 17.6 Å². The number of rotatable bonds is 6. The first-order chi connectivity index (χ1) is 11.4. The number of carbonyl (C=O) groups is 1. The van der Waals surface area contributed by atoms with E-state index in [1.165, 1.54) is 12.1 Å². The van der Waals surface area contributed by atoms with Crippen LogP contribution < -0.4 is 15.4 Å². The number of hydrogen-bond acceptors (Lipinski definition) is 3. The number of aryl methyl sites for hydroxylation is 1. The van der Waals surface area contributed by atoms with Crippen LogP contribution in [-0.2, 0) is 4.79 Å². The van der Waals surface area contributed by atoms with Crippen LogP contribution in [0.5, 0.6) is 5.75 Å². The van der Waals surface area contributed by atoms with E-state index in [1.54, 1.807) is 26.2 Å². The number of anilines is 1. The third kappa shape index (κ3) is 4.32. The van der Waals surface area contributed by atoms with Crippen LogP contribution >= 0.6 is 0 Å². The number of halogens is 1. The molecule has 4 nitrogen and oxygen atoms in total. The van der Waals surface area contributed by atoms with Gasteiger partial charge in [0.05, 0.1) is 18.8 Å². The summed E-state index contributed by atoms with van der Waals surface area (Å²) < 4.78 is 19.0. The molecule has 24 heavy (non-hydrogen) atoms. The Kier molecular flexibility index (Phi) is 5.93. The van der Waals surface area contributed by atoms with Gasteiger partial charge in [-0.2, -0.15) is 0 Å². The molecule has 0 bridgehead atoms. The Hall–Kier alpha value is -2.40. The van der Waals surface area contributed by atoms with Crippen LogP contribution in [-0.4, -0.2) is 19.1 Å². The van der Waals surface area contributed by atoms with E-state index in [4.69, 9.17) is 4.74 Å². The second-order valence-corrected chi connectivity index (χ2v) is 5.82. The zero-order valence-electron chi connectivity index (χ0n) is 14.4. The van der Waals surface area contributed by atoms with Gasteiger partial charge in [-0.05, 0) is 39.0 Å². The van der Waals surface area contributed by atoms with E-state index in [2.05, 4.69) is 10.6 Å². The van der Waals surface area contributed by atoms with Gasteiger partial charge in [0.15, 0.2) is 0 Å². The molecule has 2 atom stereocenters. The molecular weight excluding hydrogens is 307 g/mol. The number of carbonyl (C=O) groups excluding carboxylic acids is 1. The van der Waals surface area contributed by atoms with Gasteiger partial charge in [-0.15, -0.1) is 0 Å². The fourth-order valence-electron chi connectivity index (χ4n) is 2.54. The average Bonchev–Trinajstić information content (AvgIpc) is 2.56. The summed E-state index contributed by atoms with van der Waals surface area (Å²) >= 11 is 0. The average molecular weight is 330 g/mol. The minimum Gasteiger partial charge on any atom is -0.496 e. The van der Waals surface area contributed by atoms with Gasteiger partial charge in [-0.3, -0.25) is 10.1 Å². The SMILES string of the molecule is COc1ccc(C)cc1C(C)NC(C)C(=O)Nc1ccccc1F. The molecule has 0 heterocycles. The lowest BCUT2D eigenvalue weighted by atomic mass is 10.0. The molecule has 1 amide bonds. The number of para-hydroxylation sites is 1. The summed E-state index contributed by atoms with van der Waals surface area (Å²) in [4.78, 5) is 12.3. The quantitative estimate of drug-likeness (QED) is 0.846. The van der Waals surface area contributed by atoms with Crippen LogP contribution in [0.15, 0.2) is 42.5 Å². The van der Waals surface area contributed by atoms with Crippen molar-refractivity contribution < 1.29 is 13.9 Å². The number of hydrogen-bond donors (Lipinski definition) is 2. The van der Waals surface area contributed by atoms with Crippen molar-refractivity contribution in [2.24, 2.45) is 0 Å². The summed E-state index contributed by atoms with van der Waals surface area (Å²) in [7, 11) is 1.62. The standard InChI is InChI=1S/C19H23FN2O2/c1-12-9-10-18(24-4)15(11-12)13(2)21-14(3)19(23)22-17-8-6-5-7-16(17)20/h5-11,13-14,21H,1-4H3,(H,22,23). The molecule has 0 aromatic heterocycles. The van der Waals surface area contributed by atoms with E-state index >= 15 is 0 Å². The van der Waals surface area contributed by atoms with E-state index in [1.807, 2.05) is 32.0 Å². The Balaban J connectivity index is 2.06. The molecule has 2 rings (SSSR count). The van der Waals surface area contributed by atoms with Crippen LogP contribution in [0.2, 0.25) is 0 Å². The van der Waals surface area contributed by atoms with E-state index in [0.29, 0.717) is 0 Å². The van der Waals surface area contributed by atoms with Gasteiger partial charge < -0.3 is 10.1 Å². The van der Waals surface area contributed by atoms with Gasteiger partial charge in [-0.1, -0.05) is 29.8 Å². The molecule has 0 saturated carbocycles. The first-order valence-corrected chi connectivity index (χ1v) is 7.88. The molecule has 2 N–H and O–H groups in total. The molecule has 2 unspecified atom stereocenters. The van der Waals surface area contributed by atoms with Crippen molar-refractivity contribution in [3.05, 3.63) is 59.4 Å². The molecular formula is C19H23FN2O2. The fraction of sp³-hybridized carbons (Fsp3) is 0.316. The van der Waals surface area contributed by atoms with Gasteiger partial charge in [0.1, 0.15) is 11.6 Å². The van der Waals surface area contributed by atoms with Crippen LogP contribution in [0.25, 0.3) is 0 Å². The Morgan fingerprint density at radius 3 is 2.54 bits per heavy atom. The number of ether oxygens (including phenoxy) is 1. The highest BCUT2D eigenvalue weighted by Gasteiger charge is 2.19. The second-order valence-electron chi connectivity index (χ2n) is 5.82. The van der Waals surface area contributed by atoms with Gasteiger partial charge in [0.25, 0.3) is 0 Å². The highest BCUT2D eigenvalue weighted by atomic mass is 19.1. The molecule has 0 aliphatic heterocycles. The summed E-state index contributed by atoms with van der Waals surface area (Å²) in [6.45, 7) is 5.71. The minimum absolute atomic E-state index is 0.0961. The van der Waals surface area contributed by atoms with Crippen molar-refractivity contribution in [1.82, 2.24) is 5.32 Å². The monoisotopic (exact) mass is 330 g/mol. The van der Waals surface area contributed by atoms with Crippen molar-refractivity contribution >= 4 is 11.6 Å². The third-order valence-corrected chi connectivity index (χ3v) is 3.88. The molecule has 2 aromatic carbocycles. The zero-order chi connectivity index (χ0) is 17.7. The summed E-state index contributed by atoms with van der Waals surface area (Å²) in [5, 5.41) is 5.82. The van der Waals surface area contributed by atoms with E-state index in [0.717, 1.165) is 16.9 Å². The summed E-state index contributed by atoms with van der Waals surface area (Å²) in [6.07, 6.45) is 0. The molecule has 2 aromatic rings. The van der Waals surface area contributed by atoms with Crippen LogP contribution in [0.4, 0.5) is 10.1 Å². The van der Waals surface area contributed by atoms with Gasteiger partial charge in [-0.25, -0.2) is 4.39 Å². The Morgan fingerprint density at radius 1 is 1.17 bits per heavy atom. The third-order valence-electron chi connectivity index (χ3n) is 3.88. The number of nitrogens with one attached hydrogen (secondary N) is 2. The van der Waals surface area contributed by atoms with Gasteiger partial charge in [0, 0.05) is 11.6 Å². The van der Waals surface area contributed by atoms with Crippen LogP contribution in [0.1, 0.15) is 31.0 Å². The van der Waals surface area contributed by atoms with Crippen molar-refractivity contribution in [3.63, 3.8) is 0 Å². The van der Waals surface area contributed by atoms with E-state index < -0.39 is 11.9 Å².